The number of hydrogen-bond donors (Lipinski definition) is 2. The molecule has 4 nitrogen and oxygen atoms in total. The van der Waals surface area contributed by atoms with Crippen molar-refractivity contribution in [2.45, 2.75) is 19.9 Å². The Bertz CT molecular complexity index is 731. The van der Waals surface area contributed by atoms with Gasteiger partial charge in [0.2, 0.25) is 0 Å². The topological polar surface area (TPSA) is 63.9 Å². The first-order chi connectivity index (χ1) is 10.3. The molecule has 0 bridgehead atoms. The fraction of sp³-hybridized carbons (Fsp3) is 0.235. The number of benzene rings is 2. The van der Waals surface area contributed by atoms with E-state index < -0.39 is 0 Å². The molecular formula is C17H19N3O. The Morgan fingerprint density at radius 3 is 2.67 bits per heavy atom. The third-order valence-corrected chi connectivity index (χ3v) is 3.39. The van der Waals surface area contributed by atoms with Gasteiger partial charge in [0.15, 0.2) is 0 Å². The first kappa shape index (κ1) is 13.6. The Balaban J connectivity index is 1.92. The number of rotatable bonds is 5. The molecule has 2 aromatic carbocycles. The molecule has 21 heavy (non-hydrogen) atoms. The summed E-state index contributed by atoms with van der Waals surface area (Å²) in [6.45, 7) is 3.38. The average molecular weight is 281 g/mol. The summed E-state index contributed by atoms with van der Waals surface area (Å²) in [6, 6.07) is 14.1. The van der Waals surface area contributed by atoms with Crippen molar-refractivity contribution in [2.75, 3.05) is 6.61 Å². The van der Waals surface area contributed by atoms with E-state index >= 15 is 0 Å². The highest BCUT2D eigenvalue weighted by atomic mass is 16.5. The van der Waals surface area contributed by atoms with Crippen molar-refractivity contribution in [3.8, 4) is 17.1 Å². The van der Waals surface area contributed by atoms with Crippen molar-refractivity contribution < 1.29 is 4.74 Å². The number of nitrogens with one attached hydrogen (secondary N) is 1. The molecule has 1 aromatic heterocycles. The molecule has 0 aliphatic carbocycles. The molecule has 0 fully saturated rings. The van der Waals surface area contributed by atoms with Crippen LogP contribution in [0.25, 0.3) is 22.4 Å². The number of nitrogens with zero attached hydrogens (tertiary/aromatic N) is 1. The van der Waals surface area contributed by atoms with Crippen LogP contribution in [0.1, 0.15) is 18.9 Å². The molecule has 0 aliphatic heterocycles. The second-order valence-corrected chi connectivity index (χ2v) is 5.01. The van der Waals surface area contributed by atoms with Crippen LogP contribution in [0.2, 0.25) is 0 Å². The average Bonchev–Trinajstić information content (AvgIpc) is 2.96. The molecule has 0 spiro atoms. The van der Waals surface area contributed by atoms with Gasteiger partial charge >= 0.3 is 0 Å². The number of aromatic amines is 1. The quantitative estimate of drug-likeness (QED) is 0.752. The van der Waals surface area contributed by atoms with Crippen molar-refractivity contribution in [1.29, 1.82) is 0 Å². The van der Waals surface area contributed by atoms with Gasteiger partial charge in [0.05, 0.1) is 17.6 Å². The van der Waals surface area contributed by atoms with Gasteiger partial charge in [-0.05, 0) is 24.1 Å². The number of nitrogens with two attached hydrogens (primary N) is 1. The Morgan fingerprint density at radius 2 is 1.95 bits per heavy atom. The number of fused-ring (bicyclic) bond motifs is 1. The summed E-state index contributed by atoms with van der Waals surface area (Å²) >= 11 is 0. The molecule has 3 rings (SSSR count). The second kappa shape index (κ2) is 5.97. The van der Waals surface area contributed by atoms with Gasteiger partial charge in [0.25, 0.3) is 0 Å². The molecular weight excluding hydrogens is 262 g/mol. The Kier molecular flexibility index (Phi) is 3.88. The standard InChI is InChI=1S/C17H19N3O/c1-2-9-21-14-7-8-15-16(10-14)20-17(19-15)13-5-3-12(11-18)4-6-13/h3-8,10H,2,9,11,18H2,1H3,(H,19,20). The third kappa shape index (κ3) is 2.90. The van der Waals surface area contributed by atoms with Gasteiger partial charge in [0.1, 0.15) is 11.6 Å². The summed E-state index contributed by atoms with van der Waals surface area (Å²) in [5.41, 5.74) is 9.72. The van der Waals surface area contributed by atoms with E-state index in [9.17, 15) is 0 Å². The largest absolute Gasteiger partial charge is 0.494 e. The number of ether oxygens (including phenoxy) is 1. The van der Waals surface area contributed by atoms with Crippen LogP contribution in [-0.4, -0.2) is 16.6 Å². The van der Waals surface area contributed by atoms with Crippen LogP contribution < -0.4 is 10.5 Å². The predicted octanol–water partition coefficient (Wildman–Crippen LogP) is 3.48. The lowest BCUT2D eigenvalue weighted by molar-refractivity contribution is 0.318. The molecule has 1 heterocycles. The smallest absolute Gasteiger partial charge is 0.138 e. The lowest BCUT2D eigenvalue weighted by Crippen LogP contribution is -1.95. The summed E-state index contributed by atoms with van der Waals surface area (Å²) in [7, 11) is 0. The molecule has 0 amide bonds. The van der Waals surface area contributed by atoms with E-state index in [1.165, 1.54) is 0 Å². The van der Waals surface area contributed by atoms with Gasteiger partial charge in [-0.1, -0.05) is 31.2 Å². The molecule has 3 aromatic rings. The minimum atomic E-state index is 0.554. The van der Waals surface area contributed by atoms with E-state index in [0.29, 0.717) is 6.54 Å². The Labute approximate surface area is 124 Å². The fourth-order valence-corrected chi connectivity index (χ4v) is 2.23. The third-order valence-electron chi connectivity index (χ3n) is 3.39. The normalized spacial score (nSPS) is 11.0. The number of hydrogen-bond acceptors (Lipinski definition) is 3. The van der Waals surface area contributed by atoms with Crippen molar-refractivity contribution in [3.63, 3.8) is 0 Å². The van der Waals surface area contributed by atoms with Gasteiger partial charge in [-0.3, -0.25) is 0 Å². The molecule has 0 aliphatic rings. The number of imidazole rings is 1. The summed E-state index contributed by atoms with van der Waals surface area (Å²) in [5, 5.41) is 0. The zero-order valence-corrected chi connectivity index (χ0v) is 12.1. The second-order valence-electron chi connectivity index (χ2n) is 5.01. The summed E-state index contributed by atoms with van der Waals surface area (Å²) in [5.74, 6) is 1.74. The van der Waals surface area contributed by atoms with Crippen LogP contribution >= 0.6 is 0 Å². The predicted molar refractivity (Wildman–Crippen MR) is 85.2 cm³/mol. The monoisotopic (exact) mass is 281 g/mol. The molecule has 0 radical (unpaired) electrons. The van der Waals surface area contributed by atoms with Crippen molar-refractivity contribution in [1.82, 2.24) is 9.97 Å². The molecule has 0 saturated heterocycles. The van der Waals surface area contributed by atoms with Crippen LogP contribution in [0.5, 0.6) is 5.75 Å². The minimum Gasteiger partial charge on any atom is -0.494 e. The maximum atomic E-state index is 5.65. The van der Waals surface area contributed by atoms with E-state index in [2.05, 4.69) is 16.9 Å². The van der Waals surface area contributed by atoms with Crippen LogP contribution in [0.15, 0.2) is 42.5 Å². The highest BCUT2D eigenvalue weighted by Gasteiger charge is 2.06. The van der Waals surface area contributed by atoms with Crippen LogP contribution in [-0.2, 0) is 6.54 Å². The van der Waals surface area contributed by atoms with E-state index in [1.54, 1.807) is 0 Å². The molecule has 108 valence electrons. The highest BCUT2D eigenvalue weighted by Crippen LogP contribution is 2.24. The summed E-state index contributed by atoms with van der Waals surface area (Å²) < 4.78 is 5.65. The van der Waals surface area contributed by atoms with E-state index in [0.717, 1.165) is 46.8 Å². The molecule has 0 unspecified atom stereocenters. The zero-order chi connectivity index (χ0) is 14.7. The zero-order valence-electron chi connectivity index (χ0n) is 12.1. The first-order valence-corrected chi connectivity index (χ1v) is 7.22. The molecule has 4 heteroatoms. The Morgan fingerprint density at radius 1 is 1.14 bits per heavy atom. The van der Waals surface area contributed by atoms with Crippen molar-refractivity contribution in [3.05, 3.63) is 48.0 Å². The first-order valence-electron chi connectivity index (χ1n) is 7.22. The number of aromatic nitrogens is 2. The van der Waals surface area contributed by atoms with Gasteiger partial charge < -0.3 is 15.5 Å². The lowest BCUT2D eigenvalue weighted by atomic mass is 10.1. The van der Waals surface area contributed by atoms with Crippen LogP contribution in [0.4, 0.5) is 0 Å². The summed E-state index contributed by atoms with van der Waals surface area (Å²) in [4.78, 5) is 7.96. The molecule has 0 atom stereocenters. The lowest BCUT2D eigenvalue weighted by Gasteiger charge is -2.03. The van der Waals surface area contributed by atoms with Crippen molar-refractivity contribution in [2.24, 2.45) is 5.73 Å². The van der Waals surface area contributed by atoms with Crippen molar-refractivity contribution >= 4 is 11.0 Å². The van der Waals surface area contributed by atoms with Crippen LogP contribution in [0.3, 0.4) is 0 Å². The van der Waals surface area contributed by atoms with E-state index in [-0.39, 0.29) is 0 Å². The summed E-state index contributed by atoms with van der Waals surface area (Å²) in [6.07, 6.45) is 1.000. The van der Waals surface area contributed by atoms with Gasteiger partial charge in [0, 0.05) is 18.2 Å². The van der Waals surface area contributed by atoms with Crippen LogP contribution in [0, 0.1) is 0 Å². The minimum absolute atomic E-state index is 0.554. The van der Waals surface area contributed by atoms with Gasteiger partial charge in [-0.15, -0.1) is 0 Å². The highest BCUT2D eigenvalue weighted by molar-refractivity contribution is 5.80. The fourth-order valence-electron chi connectivity index (χ4n) is 2.23. The molecule has 3 N–H and O–H groups in total. The van der Waals surface area contributed by atoms with Gasteiger partial charge in [-0.2, -0.15) is 0 Å². The van der Waals surface area contributed by atoms with E-state index in [4.69, 9.17) is 10.5 Å². The maximum Gasteiger partial charge on any atom is 0.138 e. The number of H-pyrrole nitrogens is 1. The van der Waals surface area contributed by atoms with E-state index in [1.807, 2.05) is 42.5 Å². The SMILES string of the molecule is CCCOc1ccc2nc(-c3ccc(CN)cc3)[nH]c2c1. The Hall–Kier alpha value is -2.33. The maximum absolute atomic E-state index is 5.65. The van der Waals surface area contributed by atoms with Gasteiger partial charge in [-0.25, -0.2) is 4.98 Å². The molecule has 0 saturated carbocycles.